The van der Waals surface area contributed by atoms with Crippen LogP contribution in [0.1, 0.15) is 45.4 Å². The van der Waals surface area contributed by atoms with Gasteiger partial charge in [0, 0.05) is 29.2 Å². The Balaban J connectivity index is 1.52. The summed E-state index contributed by atoms with van der Waals surface area (Å²) >= 11 is 5.51. The highest BCUT2D eigenvalue weighted by Gasteiger charge is 2.47. The maximum absolute atomic E-state index is 13.8. The zero-order valence-electron chi connectivity index (χ0n) is 18.6. The fraction of sp³-hybridized carbons (Fsp3) is 0.138. The predicted octanol–water partition coefficient (Wildman–Crippen LogP) is 5.25. The van der Waals surface area contributed by atoms with Crippen molar-refractivity contribution in [3.8, 4) is 0 Å². The van der Waals surface area contributed by atoms with E-state index in [1.807, 2.05) is 54.6 Å². The van der Waals surface area contributed by atoms with Crippen LogP contribution in [0.15, 0.2) is 96.2 Å². The van der Waals surface area contributed by atoms with Crippen LogP contribution < -0.4 is 10.6 Å². The molecule has 35 heavy (non-hydrogen) atoms. The fourth-order valence-electron chi connectivity index (χ4n) is 5.50. The molecule has 3 aromatic carbocycles. The predicted molar refractivity (Wildman–Crippen MR) is 136 cm³/mol. The lowest BCUT2D eigenvalue weighted by Crippen LogP contribution is -2.46. The van der Waals surface area contributed by atoms with Crippen molar-refractivity contribution in [2.24, 2.45) is 5.92 Å². The Morgan fingerprint density at radius 2 is 1.49 bits per heavy atom. The minimum Gasteiger partial charge on any atom is -0.352 e. The molecule has 2 aliphatic carbocycles. The van der Waals surface area contributed by atoms with Crippen molar-refractivity contribution in [3.05, 3.63) is 124 Å². The van der Waals surface area contributed by atoms with Crippen LogP contribution in [0.4, 0.5) is 4.39 Å². The van der Waals surface area contributed by atoms with E-state index in [4.69, 9.17) is 12.2 Å². The van der Waals surface area contributed by atoms with Gasteiger partial charge < -0.3 is 10.6 Å². The monoisotopic (exact) mass is 480 g/mol. The molecule has 0 bridgehead atoms. The summed E-state index contributed by atoms with van der Waals surface area (Å²) in [7, 11) is 0. The van der Waals surface area contributed by atoms with Crippen LogP contribution in [-0.2, 0) is 4.79 Å². The number of carbonyl (C=O) groups is 2. The number of thiocarbonyl (C=S) groups is 1. The Morgan fingerprint density at radius 1 is 0.800 bits per heavy atom. The number of hydrogen-bond acceptors (Lipinski definition) is 3. The maximum atomic E-state index is 13.8. The van der Waals surface area contributed by atoms with E-state index >= 15 is 0 Å². The third-order valence-electron chi connectivity index (χ3n) is 7.02. The number of halogens is 1. The lowest BCUT2D eigenvalue weighted by atomic mass is 9.69. The number of fused-ring (bicyclic) bond motifs is 2. The second kappa shape index (κ2) is 8.40. The first kappa shape index (κ1) is 21.6. The minimum absolute atomic E-state index is 0.00200. The fourth-order valence-corrected chi connectivity index (χ4v) is 5.75. The van der Waals surface area contributed by atoms with Gasteiger partial charge in [-0.1, -0.05) is 66.7 Å². The topological polar surface area (TPSA) is 58.2 Å². The van der Waals surface area contributed by atoms with Crippen molar-refractivity contribution in [2.45, 2.75) is 18.4 Å². The van der Waals surface area contributed by atoms with Crippen molar-refractivity contribution in [1.29, 1.82) is 0 Å². The normalized spacial score (nSPS) is 23.3. The number of carbonyl (C=O) groups excluding carboxylic acids is 2. The zero-order valence-corrected chi connectivity index (χ0v) is 19.4. The summed E-state index contributed by atoms with van der Waals surface area (Å²) in [6.45, 7) is 0. The molecule has 6 heteroatoms. The highest BCUT2D eigenvalue weighted by atomic mass is 32.1. The molecule has 0 fully saturated rings. The molecule has 1 aliphatic heterocycles. The van der Waals surface area contributed by atoms with E-state index in [2.05, 4.69) is 10.6 Å². The molecule has 0 amide bonds. The van der Waals surface area contributed by atoms with Gasteiger partial charge in [-0.2, -0.15) is 0 Å². The third kappa shape index (κ3) is 3.61. The highest BCUT2D eigenvalue weighted by Crippen LogP contribution is 2.51. The van der Waals surface area contributed by atoms with E-state index < -0.39 is 11.8 Å². The van der Waals surface area contributed by atoms with Gasteiger partial charge in [-0.05, 0) is 52.7 Å². The smallest absolute Gasteiger partial charge is 0.190 e. The number of nitrogens with one attached hydrogen (secondary N) is 2. The number of benzene rings is 3. The van der Waals surface area contributed by atoms with E-state index in [0.717, 1.165) is 22.3 Å². The first-order valence-electron chi connectivity index (χ1n) is 11.5. The molecule has 0 aromatic heterocycles. The molecule has 0 saturated carbocycles. The summed E-state index contributed by atoms with van der Waals surface area (Å²) in [6.07, 6.45) is 2.14. The van der Waals surface area contributed by atoms with Crippen molar-refractivity contribution in [2.75, 3.05) is 0 Å². The Labute approximate surface area is 207 Å². The van der Waals surface area contributed by atoms with Crippen LogP contribution in [0.5, 0.6) is 0 Å². The van der Waals surface area contributed by atoms with E-state index in [1.54, 1.807) is 18.2 Å². The van der Waals surface area contributed by atoms with Gasteiger partial charge in [-0.25, -0.2) is 4.39 Å². The summed E-state index contributed by atoms with van der Waals surface area (Å²) in [5.41, 5.74) is 5.22. The minimum atomic E-state index is -0.649. The van der Waals surface area contributed by atoms with Crippen molar-refractivity contribution in [3.63, 3.8) is 0 Å². The standard InChI is InChI=1S/C29H21FN2O2S/c30-18-12-10-17(11-13-18)25-26-21(19-8-4-5-9-20(19)28(26)34)14-24(33)27(25)23-15-22(31-29(35)32-23)16-6-2-1-3-7-16/h1-13,15,22,25,27H,14H2,(H2,31,32,35). The SMILES string of the molecule is O=C1C2=C(CC(=O)C(C3=CC(c4ccccc4)NC(=S)N3)C2c2ccc(F)cc2)c2ccccc21. The molecule has 3 aliphatic rings. The van der Waals surface area contributed by atoms with E-state index in [0.29, 0.717) is 21.9 Å². The van der Waals surface area contributed by atoms with Gasteiger partial charge >= 0.3 is 0 Å². The molecule has 4 nitrogen and oxygen atoms in total. The van der Waals surface area contributed by atoms with Gasteiger partial charge in [0.25, 0.3) is 0 Å². The largest absolute Gasteiger partial charge is 0.352 e. The van der Waals surface area contributed by atoms with Gasteiger partial charge in [0.1, 0.15) is 11.6 Å². The van der Waals surface area contributed by atoms with Gasteiger partial charge in [0.2, 0.25) is 0 Å². The molecule has 172 valence electrons. The Kier molecular flexibility index (Phi) is 5.19. The second-order valence-electron chi connectivity index (χ2n) is 9.03. The van der Waals surface area contributed by atoms with E-state index in [-0.39, 0.29) is 29.8 Å². The number of ketones is 2. The van der Waals surface area contributed by atoms with Crippen molar-refractivity contribution in [1.82, 2.24) is 10.6 Å². The molecule has 3 unspecified atom stereocenters. The number of Topliss-reactive ketones (excluding diaryl/α,β-unsaturated/α-hetero) is 2. The maximum Gasteiger partial charge on any atom is 0.190 e. The quantitative estimate of drug-likeness (QED) is 0.502. The summed E-state index contributed by atoms with van der Waals surface area (Å²) < 4.78 is 13.8. The average Bonchev–Trinajstić information content (AvgIpc) is 3.15. The molecule has 3 aromatic rings. The van der Waals surface area contributed by atoms with Crippen LogP contribution in [0.2, 0.25) is 0 Å². The highest BCUT2D eigenvalue weighted by molar-refractivity contribution is 7.80. The molecule has 0 radical (unpaired) electrons. The molecule has 0 saturated heterocycles. The molecular weight excluding hydrogens is 459 g/mol. The Hall–Kier alpha value is -3.90. The van der Waals surface area contributed by atoms with Crippen LogP contribution in [0.25, 0.3) is 5.57 Å². The number of allylic oxidation sites excluding steroid dienone is 3. The Morgan fingerprint density at radius 3 is 2.23 bits per heavy atom. The summed E-state index contributed by atoms with van der Waals surface area (Å²) in [5.74, 6) is -1.64. The molecule has 6 rings (SSSR count). The first-order valence-corrected chi connectivity index (χ1v) is 11.9. The van der Waals surface area contributed by atoms with Gasteiger partial charge in [-0.3, -0.25) is 9.59 Å². The van der Waals surface area contributed by atoms with E-state index in [1.165, 1.54) is 12.1 Å². The summed E-state index contributed by atoms with van der Waals surface area (Å²) in [6, 6.07) is 23.1. The number of hydrogen-bond donors (Lipinski definition) is 2. The van der Waals surface area contributed by atoms with Crippen LogP contribution in [-0.4, -0.2) is 16.7 Å². The first-order chi connectivity index (χ1) is 17.0. The molecule has 0 spiro atoms. The van der Waals surface area contributed by atoms with Crippen molar-refractivity contribution >= 4 is 34.5 Å². The molecule has 2 N–H and O–H groups in total. The van der Waals surface area contributed by atoms with Gasteiger partial charge in [0.05, 0.1) is 12.0 Å². The molecule has 1 heterocycles. The zero-order chi connectivity index (χ0) is 24.1. The summed E-state index contributed by atoms with van der Waals surface area (Å²) in [5, 5.41) is 6.87. The van der Waals surface area contributed by atoms with Crippen LogP contribution >= 0.6 is 12.2 Å². The number of rotatable bonds is 3. The second-order valence-corrected chi connectivity index (χ2v) is 9.43. The third-order valence-corrected chi connectivity index (χ3v) is 7.24. The van der Waals surface area contributed by atoms with Gasteiger partial charge in [-0.15, -0.1) is 0 Å². The van der Waals surface area contributed by atoms with Gasteiger partial charge in [0.15, 0.2) is 10.9 Å². The Bertz CT molecular complexity index is 1440. The summed E-state index contributed by atoms with van der Waals surface area (Å²) in [4.78, 5) is 27.4. The average molecular weight is 481 g/mol. The van der Waals surface area contributed by atoms with Crippen LogP contribution in [0, 0.1) is 11.7 Å². The molecule has 3 atom stereocenters. The van der Waals surface area contributed by atoms with Crippen LogP contribution in [0.3, 0.4) is 0 Å². The lowest BCUT2D eigenvalue weighted by molar-refractivity contribution is -0.121. The van der Waals surface area contributed by atoms with Crippen molar-refractivity contribution < 1.29 is 14.0 Å². The lowest BCUT2D eigenvalue weighted by Gasteiger charge is -2.37. The molecular formula is C29H21FN2O2S. The van der Waals surface area contributed by atoms with E-state index in [9.17, 15) is 14.0 Å².